The van der Waals surface area contributed by atoms with Gasteiger partial charge in [-0.15, -0.1) is 0 Å². The highest BCUT2D eigenvalue weighted by molar-refractivity contribution is 7.91. The maximum atomic E-state index is 13.0. The van der Waals surface area contributed by atoms with Crippen molar-refractivity contribution >= 4 is 15.7 Å². The number of carbonyl (C=O) groups excluding carboxylic acids is 1. The zero-order chi connectivity index (χ0) is 16.3. The highest BCUT2D eigenvalue weighted by atomic mass is 32.2. The molecule has 0 saturated carbocycles. The zero-order valence-corrected chi connectivity index (χ0v) is 13.8. The van der Waals surface area contributed by atoms with E-state index in [0.29, 0.717) is 19.4 Å². The average molecular weight is 327 g/mol. The van der Waals surface area contributed by atoms with Gasteiger partial charge in [0.25, 0.3) is 0 Å². The first-order valence-electron chi connectivity index (χ1n) is 7.64. The van der Waals surface area contributed by atoms with Crippen molar-refractivity contribution in [1.29, 1.82) is 0 Å². The summed E-state index contributed by atoms with van der Waals surface area (Å²) in [6.07, 6.45) is 1.10. The van der Waals surface area contributed by atoms with Crippen molar-refractivity contribution in [2.24, 2.45) is 0 Å². The Kier molecular flexibility index (Phi) is 5.21. The lowest BCUT2D eigenvalue weighted by atomic mass is 9.94. The molecule has 0 radical (unpaired) electrons. The van der Waals surface area contributed by atoms with Crippen molar-refractivity contribution in [3.8, 4) is 0 Å². The fourth-order valence-electron chi connectivity index (χ4n) is 3.06. The minimum atomic E-state index is -3.03. The van der Waals surface area contributed by atoms with E-state index in [2.05, 4.69) is 0 Å². The Morgan fingerprint density at radius 3 is 2.41 bits per heavy atom. The minimum absolute atomic E-state index is 0.0480. The van der Waals surface area contributed by atoms with Crippen LogP contribution in [0, 0.1) is 5.82 Å². The molecule has 1 aliphatic heterocycles. The molecule has 0 N–H and O–H groups in total. The van der Waals surface area contributed by atoms with E-state index in [0.717, 1.165) is 5.56 Å². The molecule has 122 valence electrons. The largest absolute Gasteiger partial charge is 0.338 e. The monoisotopic (exact) mass is 327 g/mol. The van der Waals surface area contributed by atoms with Crippen LogP contribution in [0.3, 0.4) is 0 Å². The number of rotatable bonds is 5. The van der Waals surface area contributed by atoms with Gasteiger partial charge in [-0.3, -0.25) is 4.79 Å². The summed E-state index contributed by atoms with van der Waals surface area (Å²) in [5.74, 6) is -0.566. The molecule has 1 aliphatic rings. The highest BCUT2D eigenvalue weighted by Crippen LogP contribution is 2.26. The maximum Gasteiger partial charge on any atom is 0.230 e. The molecule has 1 heterocycles. The van der Waals surface area contributed by atoms with E-state index in [1.807, 2.05) is 13.8 Å². The second-order valence-corrected chi connectivity index (χ2v) is 7.92. The van der Waals surface area contributed by atoms with E-state index in [4.69, 9.17) is 0 Å². The predicted molar refractivity (Wildman–Crippen MR) is 83.9 cm³/mol. The van der Waals surface area contributed by atoms with E-state index in [1.54, 1.807) is 17.0 Å². The Morgan fingerprint density at radius 2 is 1.95 bits per heavy atom. The SMILES string of the molecule is CCC(C(=O)N(CC)C1CCS(=O)(=O)C1)c1ccc(F)cc1. The summed E-state index contributed by atoms with van der Waals surface area (Å²) in [5, 5.41) is 0. The van der Waals surface area contributed by atoms with Gasteiger partial charge in [-0.25, -0.2) is 12.8 Å². The molecule has 2 unspecified atom stereocenters. The number of benzene rings is 1. The van der Waals surface area contributed by atoms with Crippen LogP contribution in [0.2, 0.25) is 0 Å². The Bertz CT molecular complexity index is 627. The smallest absolute Gasteiger partial charge is 0.230 e. The third kappa shape index (κ3) is 3.66. The molecule has 1 aromatic rings. The summed E-state index contributed by atoms with van der Waals surface area (Å²) in [7, 11) is -3.03. The molecule has 22 heavy (non-hydrogen) atoms. The Hall–Kier alpha value is -1.43. The van der Waals surface area contributed by atoms with E-state index in [1.165, 1.54) is 12.1 Å². The second-order valence-electron chi connectivity index (χ2n) is 5.69. The molecule has 2 rings (SSSR count). The first kappa shape index (κ1) is 16.9. The molecule has 0 aromatic heterocycles. The van der Waals surface area contributed by atoms with Gasteiger partial charge in [0.1, 0.15) is 5.82 Å². The van der Waals surface area contributed by atoms with Crippen molar-refractivity contribution in [3.63, 3.8) is 0 Å². The van der Waals surface area contributed by atoms with Crippen molar-refractivity contribution in [1.82, 2.24) is 4.90 Å². The van der Waals surface area contributed by atoms with Crippen LogP contribution in [0.15, 0.2) is 24.3 Å². The van der Waals surface area contributed by atoms with E-state index < -0.39 is 9.84 Å². The van der Waals surface area contributed by atoms with Gasteiger partial charge in [0.2, 0.25) is 5.91 Å². The molecule has 0 aliphatic carbocycles. The Labute approximate surface area is 131 Å². The lowest BCUT2D eigenvalue weighted by molar-refractivity contribution is -0.134. The second kappa shape index (κ2) is 6.77. The standard InChI is InChI=1S/C16H22FNO3S/c1-3-15(12-5-7-13(17)8-6-12)16(19)18(4-2)14-9-10-22(20,21)11-14/h5-8,14-15H,3-4,9-11H2,1-2H3. The van der Waals surface area contributed by atoms with Gasteiger partial charge in [-0.1, -0.05) is 19.1 Å². The number of likely N-dealkylation sites (N-methyl/N-ethyl adjacent to an activating group) is 1. The first-order valence-corrected chi connectivity index (χ1v) is 9.46. The van der Waals surface area contributed by atoms with E-state index >= 15 is 0 Å². The summed E-state index contributed by atoms with van der Waals surface area (Å²) in [5.41, 5.74) is 0.771. The van der Waals surface area contributed by atoms with E-state index in [-0.39, 0.29) is 35.2 Å². The van der Waals surface area contributed by atoms with Crippen LogP contribution in [0.1, 0.15) is 38.2 Å². The molecule has 0 bridgehead atoms. The number of nitrogens with zero attached hydrogens (tertiary/aromatic N) is 1. The highest BCUT2D eigenvalue weighted by Gasteiger charge is 2.36. The number of sulfone groups is 1. The van der Waals surface area contributed by atoms with Gasteiger partial charge in [-0.05, 0) is 37.5 Å². The summed E-state index contributed by atoms with van der Waals surface area (Å²) in [6, 6.07) is 5.71. The average Bonchev–Trinajstić information content (AvgIpc) is 2.82. The van der Waals surface area contributed by atoms with Gasteiger partial charge < -0.3 is 4.90 Å². The normalized spacial score (nSPS) is 21.5. The van der Waals surface area contributed by atoms with Crippen molar-refractivity contribution in [2.45, 2.75) is 38.6 Å². The molecular weight excluding hydrogens is 305 g/mol. The van der Waals surface area contributed by atoms with Crippen LogP contribution in [0.5, 0.6) is 0 Å². The van der Waals surface area contributed by atoms with Crippen LogP contribution < -0.4 is 0 Å². The quantitative estimate of drug-likeness (QED) is 0.834. The zero-order valence-electron chi connectivity index (χ0n) is 13.0. The molecule has 6 heteroatoms. The molecule has 1 fully saturated rings. The number of hydrogen-bond donors (Lipinski definition) is 0. The van der Waals surface area contributed by atoms with E-state index in [9.17, 15) is 17.6 Å². The fraction of sp³-hybridized carbons (Fsp3) is 0.562. The van der Waals surface area contributed by atoms with Crippen molar-refractivity contribution < 1.29 is 17.6 Å². The number of halogens is 1. The third-order valence-electron chi connectivity index (χ3n) is 4.25. The molecule has 1 aromatic carbocycles. The van der Waals surface area contributed by atoms with Crippen molar-refractivity contribution in [2.75, 3.05) is 18.1 Å². The molecular formula is C16H22FNO3S. The van der Waals surface area contributed by atoms with Gasteiger partial charge in [0.15, 0.2) is 9.84 Å². The molecule has 1 amide bonds. The van der Waals surface area contributed by atoms with Gasteiger partial charge in [0, 0.05) is 12.6 Å². The lowest BCUT2D eigenvalue weighted by Gasteiger charge is -2.30. The van der Waals surface area contributed by atoms with Crippen LogP contribution in [0.4, 0.5) is 4.39 Å². The fourth-order valence-corrected chi connectivity index (χ4v) is 4.79. The van der Waals surface area contributed by atoms with Gasteiger partial charge in [0.05, 0.1) is 17.4 Å². The maximum absolute atomic E-state index is 13.0. The lowest BCUT2D eigenvalue weighted by Crippen LogP contribution is -2.43. The number of carbonyl (C=O) groups is 1. The van der Waals surface area contributed by atoms with Gasteiger partial charge in [-0.2, -0.15) is 0 Å². The summed E-state index contributed by atoms with van der Waals surface area (Å²) >= 11 is 0. The first-order chi connectivity index (χ1) is 10.4. The molecule has 2 atom stereocenters. The van der Waals surface area contributed by atoms with Crippen molar-refractivity contribution in [3.05, 3.63) is 35.6 Å². The summed E-state index contributed by atoms with van der Waals surface area (Å²) < 4.78 is 36.4. The molecule has 0 spiro atoms. The molecule has 1 saturated heterocycles. The van der Waals surface area contributed by atoms with Crippen LogP contribution in [-0.4, -0.2) is 43.3 Å². The van der Waals surface area contributed by atoms with Crippen LogP contribution in [-0.2, 0) is 14.6 Å². The Balaban J connectivity index is 2.20. The topological polar surface area (TPSA) is 54.5 Å². The predicted octanol–water partition coefficient (Wildman–Crippen LogP) is 2.35. The number of amides is 1. The van der Waals surface area contributed by atoms with Crippen LogP contribution >= 0.6 is 0 Å². The Morgan fingerprint density at radius 1 is 1.32 bits per heavy atom. The molecule has 4 nitrogen and oxygen atoms in total. The third-order valence-corrected chi connectivity index (χ3v) is 6.00. The van der Waals surface area contributed by atoms with Gasteiger partial charge >= 0.3 is 0 Å². The number of hydrogen-bond acceptors (Lipinski definition) is 3. The minimum Gasteiger partial charge on any atom is -0.338 e. The van der Waals surface area contributed by atoms with Crippen LogP contribution in [0.25, 0.3) is 0 Å². The summed E-state index contributed by atoms with van der Waals surface area (Å²) in [4.78, 5) is 14.5. The summed E-state index contributed by atoms with van der Waals surface area (Å²) in [6.45, 7) is 4.25.